The third kappa shape index (κ3) is 9.24. The van der Waals surface area contributed by atoms with Crippen molar-refractivity contribution >= 4 is 17.9 Å². The molecule has 1 aliphatic rings. The Morgan fingerprint density at radius 1 is 0.923 bits per heavy atom. The summed E-state index contributed by atoms with van der Waals surface area (Å²) in [5.41, 5.74) is 2.97. The minimum Gasteiger partial charge on any atom is -0.496 e. The molecule has 1 aliphatic heterocycles. The third-order valence-electron chi connectivity index (χ3n) is 7.14. The number of carbonyl (C=O) groups is 2. The average molecular weight is 534 g/mol. The van der Waals surface area contributed by atoms with Crippen molar-refractivity contribution in [2.24, 2.45) is 5.41 Å². The second-order valence-corrected chi connectivity index (χ2v) is 12.7. The second-order valence-electron chi connectivity index (χ2n) is 12.7. The zero-order valence-corrected chi connectivity index (χ0v) is 25.0. The molecule has 0 aliphatic carbocycles. The van der Waals surface area contributed by atoms with Crippen molar-refractivity contribution in [3.05, 3.63) is 71.3 Å². The Morgan fingerprint density at radius 2 is 1.56 bits per heavy atom. The van der Waals surface area contributed by atoms with Crippen LogP contribution in [0.1, 0.15) is 69.4 Å². The zero-order valence-electron chi connectivity index (χ0n) is 25.0. The lowest BCUT2D eigenvalue weighted by atomic mass is 9.86. The number of ether oxygens (including phenoxy) is 1. The van der Waals surface area contributed by atoms with Gasteiger partial charge in [0.2, 0.25) is 5.91 Å². The lowest BCUT2D eigenvalue weighted by molar-refractivity contribution is -0.132. The molecule has 2 amide bonds. The van der Waals surface area contributed by atoms with E-state index in [9.17, 15) is 9.59 Å². The fourth-order valence-electron chi connectivity index (χ4n) is 4.73. The van der Waals surface area contributed by atoms with Crippen molar-refractivity contribution in [2.75, 3.05) is 52.9 Å². The molecule has 0 atom stereocenters. The highest BCUT2D eigenvalue weighted by Gasteiger charge is 2.25. The van der Waals surface area contributed by atoms with Gasteiger partial charge in [-0.05, 0) is 34.6 Å². The number of carbonyl (C=O) groups excluding carboxylic acids is 2. The first-order chi connectivity index (χ1) is 18.4. The Bertz CT molecular complexity index is 1120. The Labute approximate surface area is 235 Å². The van der Waals surface area contributed by atoms with Crippen LogP contribution in [0.4, 0.5) is 0 Å². The van der Waals surface area contributed by atoms with E-state index in [-0.39, 0.29) is 22.6 Å². The van der Waals surface area contributed by atoms with Crippen LogP contribution < -0.4 is 4.74 Å². The Balaban J connectivity index is 1.56. The first-order valence-electron chi connectivity index (χ1n) is 14.1. The molecule has 3 rings (SSSR count). The quantitative estimate of drug-likeness (QED) is 0.413. The topological polar surface area (TPSA) is 53.1 Å². The molecular weight excluding hydrogens is 486 g/mol. The summed E-state index contributed by atoms with van der Waals surface area (Å²) >= 11 is 0. The lowest BCUT2D eigenvalue weighted by Gasteiger charge is -2.36. The maximum Gasteiger partial charge on any atom is 0.253 e. The molecule has 39 heavy (non-hydrogen) atoms. The molecule has 1 saturated heterocycles. The summed E-state index contributed by atoms with van der Waals surface area (Å²) < 4.78 is 5.45. The summed E-state index contributed by atoms with van der Waals surface area (Å²) in [5, 5.41) is 0. The second kappa shape index (κ2) is 13.3. The average Bonchev–Trinajstić information content (AvgIpc) is 2.89. The fourth-order valence-corrected chi connectivity index (χ4v) is 4.73. The van der Waals surface area contributed by atoms with Crippen LogP contribution in [0.2, 0.25) is 0 Å². The number of hydrogen-bond acceptors (Lipinski definition) is 4. The molecular formula is C33H47N3O3. The maximum absolute atomic E-state index is 13.2. The number of methoxy groups -OCH3 is 1. The van der Waals surface area contributed by atoms with Gasteiger partial charge in [-0.2, -0.15) is 0 Å². The van der Waals surface area contributed by atoms with E-state index in [0.29, 0.717) is 32.6 Å². The minimum absolute atomic E-state index is 0.0690. The molecule has 0 aromatic heterocycles. The number of piperazine rings is 1. The molecule has 2 aromatic rings. The van der Waals surface area contributed by atoms with Gasteiger partial charge in [0, 0.05) is 63.4 Å². The number of rotatable bonds is 9. The number of nitrogens with zero attached hydrogens (tertiary/aromatic N) is 3. The highest BCUT2D eigenvalue weighted by atomic mass is 16.5. The zero-order chi connectivity index (χ0) is 28.6. The van der Waals surface area contributed by atoms with Crippen LogP contribution in [0.15, 0.2) is 54.6 Å². The SMILES string of the molecule is COc1ccccc1/C=C/CN(CCN1CCN(C(=O)c2ccc(C(C)(C)C)cc2)CC1)C(=O)CC(C)(C)C. The van der Waals surface area contributed by atoms with Gasteiger partial charge < -0.3 is 14.5 Å². The minimum atomic E-state index is -0.0707. The molecule has 1 heterocycles. The van der Waals surface area contributed by atoms with Gasteiger partial charge in [0.1, 0.15) is 5.75 Å². The summed E-state index contributed by atoms with van der Waals surface area (Å²) in [7, 11) is 1.67. The Kier molecular flexibility index (Phi) is 10.4. The van der Waals surface area contributed by atoms with E-state index in [1.165, 1.54) is 5.56 Å². The first-order valence-corrected chi connectivity index (χ1v) is 14.1. The predicted octanol–water partition coefficient (Wildman–Crippen LogP) is 5.73. The van der Waals surface area contributed by atoms with Gasteiger partial charge in [0.05, 0.1) is 7.11 Å². The molecule has 6 heteroatoms. The largest absolute Gasteiger partial charge is 0.496 e. The van der Waals surface area contributed by atoms with Crippen molar-refractivity contribution in [1.82, 2.24) is 14.7 Å². The van der Waals surface area contributed by atoms with Gasteiger partial charge in [-0.1, -0.05) is 84.0 Å². The van der Waals surface area contributed by atoms with Crippen LogP contribution in [0.25, 0.3) is 6.08 Å². The number of benzene rings is 2. The number of para-hydroxylation sites is 1. The van der Waals surface area contributed by atoms with Gasteiger partial charge >= 0.3 is 0 Å². The molecule has 0 radical (unpaired) electrons. The van der Waals surface area contributed by atoms with Gasteiger partial charge in [-0.3, -0.25) is 14.5 Å². The van der Waals surface area contributed by atoms with Crippen LogP contribution in [0.3, 0.4) is 0 Å². The molecule has 212 valence electrons. The summed E-state index contributed by atoms with van der Waals surface area (Å²) in [6.07, 6.45) is 4.57. The van der Waals surface area contributed by atoms with E-state index in [1.807, 2.05) is 58.4 Å². The first kappa shape index (κ1) is 30.4. The summed E-state index contributed by atoms with van der Waals surface area (Å²) in [5.74, 6) is 1.08. The maximum atomic E-state index is 13.2. The highest BCUT2D eigenvalue weighted by Crippen LogP contribution is 2.23. The lowest BCUT2D eigenvalue weighted by Crippen LogP contribution is -2.50. The van der Waals surface area contributed by atoms with Crippen molar-refractivity contribution in [3.63, 3.8) is 0 Å². The van der Waals surface area contributed by atoms with Crippen LogP contribution >= 0.6 is 0 Å². The van der Waals surface area contributed by atoms with Crippen molar-refractivity contribution in [3.8, 4) is 5.75 Å². The molecule has 1 fully saturated rings. The Morgan fingerprint density at radius 3 is 2.15 bits per heavy atom. The van der Waals surface area contributed by atoms with E-state index in [2.05, 4.69) is 58.6 Å². The van der Waals surface area contributed by atoms with Gasteiger partial charge in [-0.25, -0.2) is 0 Å². The van der Waals surface area contributed by atoms with Crippen molar-refractivity contribution < 1.29 is 14.3 Å². The number of hydrogen-bond donors (Lipinski definition) is 0. The van der Waals surface area contributed by atoms with Crippen molar-refractivity contribution in [1.29, 1.82) is 0 Å². The van der Waals surface area contributed by atoms with Gasteiger partial charge in [0.15, 0.2) is 0 Å². The summed E-state index contributed by atoms with van der Waals surface area (Å²) in [4.78, 5) is 32.5. The molecule has 0 spiro atoms. The van der Waals surface area contributed by atoms with E-state index in [4.69, 9.17) is 4.74 Å². The number of amides is 2. The van der Waals surface area contributed by atoms with E-state index < -0.39 is 0 Å². The van der Waals surface area contributed by atoms with Crippen LogP contribution in [0.5, 0.6) is 5.75 Å². The third-order valence-corrected chi connectivity index (χ3v) is 7.14. The van der Waals surface area contributed by atoms with Gasteiger partial charge in [0.25, 0.3) is 5.91 Å². The molecule has 0 bridgehead atoms. The van der Waals surface area contributed by atoms with E-state index in [0.717, 1.165) is 36.5 Å². The Hall–Kier alpha value is -3.12. The molecule has 6 nitrogen and oxygen atoms in total. The summed E-state index contributed by atoms with van der Waals surface area (Å²) in [6, 6.07) is 15.9. The molecule has 0 N–H and O–H groups in total. The fraction of sp³-hybridized carbons (Fsp3) is 0.515. The normalized spacial score (nSPS) is 15.0. The van der Waals surface area contributed by atoms with Gasteiger partial charge in [-0.15, -0.1) is 0 Å². The van der Waals surface area contributed by atoms with Crippen LogP contribution in [-0.4, -0.2) is 79.4 Å². The van der Waals surface area contributed by atoms with Crippen molar-refractivity contribution in [2.45, 2.75) is 53.4 Å². The van der Waals surface area contributed by atoms with Crippen LogP contribution in [0, 0.1) is 5.41 Å². The smallest absolute Gasteiger partial charge is 0.253 e. The highest BCUT2D eigenvalue weighted by molar-refractivity contribution is 5.94. The standard InChI is InChI=1S/C33H47N3O3/c1-32(2,3)25-30(37)35(18-10-12-26-11-8-9-13-29(26)39-7)22-19-34-20-23-36(24-21-34)31(38)27-14-16-28(17-15-27)33(4,5)6/h8-17H,18-25H2,1-7H3/b12-10+. The van der Waals surface area contributed by atoms with Crippen LogP contribution in [-0.2, 0) is 10.2 Å². The van der Waals surface area contributed by atoms with E-state index >= 15 is 0 Å². The molecule has 0 saturated carbocycles. The van der Waals surface area contributed by atoms with E-state index in [1.54, 1.807) is 7.11 Å². The summed E-state index contributed by atoms with van der Waals surface area (Å²) in [6.45, 7) is 17.8. The monoisotopic (exact) mass is 533 g/mol. The predicted molar refractivity (Wildman–Crippen MR) is 160 cm³/mol. The molecule has 0 unspecified atom stereocenters. The molecule has 2 aromatic carbocycles.